The summed E-state index contributed by atoms with van der Waals surface area (Å²) in [5.41, 5.74) is 11.5. The summed E-state index contributed by atoms with van der Waals surface area (Å²) in [5, 5.41) is 10.6. The molecular weight excluding hydrogens is 514 g/mol. The number of nitrogens with zero attached hydrogens (tertiary/aromatic N) is 2. The monoisotopic (exact) mass is 561 g/mol. The Balaban J connectivity index is 0. The molecule has 1 heterocycles. The fraction of sp³-hybridized carbons (Fsp3) is 0.273. The average molecular weight is 562 g/mol. The molecule has 0 fully saturated rings. The Kier molecular flexibility index (Phi) is 23.9. The van der Waals surface area contributed by atoms with Gasteiger partial charge >= 0.3 is 6.03 Å². The highest BCUT2D eigenvalue weighted by Gasteiger charge is 2.05. The zero-order valence-corrected chi connectivity index (χ0v) is 25.9. The molecule has 0 unspecified atom stereocenters. The second-order valence-electron chi connectivity index (χ2n) is 7.14. The molecule has 1 aromatic heterocycles. The van der Waals surface area contributed by atoms with Gasteiger partial charge in [0, 0.05) is 11.1 Å². The fourth-order valence-corrected chi connectivity index (χ4v) is 2.80. The Morgan fingerprint density at radius 1 is 0.756 bits per heavy atom. The van der Waals surface area contributed by atoms with Gasteiger partial charge in [0.25, 0.3) is 0 Å². The Morgan fingerprint density at radius 3 is 1.59 bits per heavy atom. The van der Waals surface area contributed by atoms with Crippen LogP contribution >= 0.6 is 0 Å². The molecule has 4 aromatic rings. The molecule has 3 aromatic carbocycles. The van der Waals surface area contributed by atoms with Crippen LogP contribution in [0.25, 0.3) is 11.3 Å². The Bertz CT molecular complexity index is 1210. The number of hydrogen-bond donors (Lipinski definition) is 3. The number of primary amides is 1. The number of hydrazone groups is 1. The van der Waals surface area contributed by atoms with Gasteiger partial charge in [-0.3, -0.25) is 9.89 Å². The molecule has 8 nitrogen and oxygen atoms in total. The van der Waals surface area contributed by atoms with Gasteiger partial charge < -0.3 is 10.5 Å². The van der Waals surface area contributed by atoms with Crippen molar-refractivity contribution in [3.8, 4) is 17.0 Å². The number of ether oxygens (including phenoxy) is 1. The number of nitrogens with one attached hydrogen (secondary N) is 2. The molecule has 4 N–H and O–H groups in total. The molecule has 0 saturated heterocycles. The lowest BCUT2D eigenvalue weighted by atomic mass is 10.1. The normalized spacial score (nSPS) is 9.05. The van der Waals surface area contributed by atoms with Crippen LogP contribution in [0.2, 0.25) is 0 Å². The van der Waals surface area contributed by atoms with Crippen LogP contribution in [0.15, 0.2) is 102 Å². The van der Waals surface area contributed by atoms with Crippen molar-refractivity contribution < 1.29 is 14.3 Å². The summed E-state index contributed by atoms with van der Waals surface area (Å²) in [6.07, 6.45) is 1.67. The molecule has 0 radical (unpaired) electrons. The van der Waals surface area contributed by atoms with E-state index in [4.69, 9.17) is 10.5 Å². The van der Waals surface area contributed by atoms with Gasteiger partial charge in [0.2, 0.25) is 0 Å². The summed E-state index contributed by atoms with van der Waals surface area (Å²) in [4.78, 5) is 21.0. The van der Waals surface area contributed by atoms with Crippen LogP contribution in [0.5, 0.6) is 5.75 Å². The topological polar surface area (TPSA) is 122 Å². The van der Waals surface area contributed by atoms with Gasteiger partial charge in [-0.15, -0.1) is 0 Å². The molecule has 8 heteroatoms. The molecule has 0 aliphatic carbocycles. The Hall–Kier alpha value is -4.72. The minimum atomic E-state index is -0.657. The van der Waals surface area contributed by atoms with Crippen LogP contribution in [0.1, 0.15) is 71.3 Å². The number of carbonyl (C=O) groups is 2. The number of amides is 2. The van der Waals surface area contributed by atoms with Gasteiger partial charge in [0.1, 0.15) is 5.69 Å². The summed E-state index contributed by atoms with van der Waals surface area (Å²) in [5.74, 6) is 0.891. The fourth-order valence-electron chi connectivity index (χ4n) is 2.80. The van der Waals surface area contributed by atoms with Gasteiger partial charge in [-0.2, -0.15) is 10.2 Å². The molecule has 2 amide bonds. The highest BCUT2D eigenvalue weighted by atomic mass is 16.5. The van der Waals surface area contributed by atoms with Gasteiger partial charge in [-0.1, -0.05) is 133 Å². The number of H-pyrrole nitrogens is 1. The third kappa shape index (κ3) is 16.8. The number of carbonyl (C=O) groups excluding carboxylic acids is 2. The average Bonchev–Trinajstić information content (AvgIpc) is 3.54. The van der Waals surface area contributed by atoms with Crippen molar-refractivity contribution in [3.05, 3.63) is 108 Å². The van der Waals surface area contributed by atoms with E-state index < -0.39 is 6.03 Å². The molecule has 0 aliphatic rings. The number of rotatable bonds is 5. The number of ketones is 1. The third-order valence-electron chi connectivity index (χ3n) is 4.59. The number of aromatic nitrogens is 2. The van der Waals surface area contributed by atoms with Crippen LogP contribution < -0.4 is 15.9 Å². The van der Waals surface area contributed by atoms with E-state index >= 15 is 0 Å². The second-order valence-corrected chi connectivity index (χ2v) is 7.14. The van der Waals surface area contributed by atoms with Crippen molar-refractivity contribution in [3.63, 3.8) is 0 Å². The van der Waals surface area contributed by atoms with Crippen LogP contribution in [0.3, 0.4) is 0 Å². The lowest BCUT2D eigenvalue weighted by Gasteiger charge is -2.00. The number of benzene rings is 3. The number of Topliss-reactive ketones (excluding diaryl/α,β-unsaturated/α-hetero) is 1. The summed E-state index contributed by atoms with van der Waals surface area (Å²) < 4.78 is 5.15. The summed E-state index contributed by atoms with van der Waals surface area (Å²) in [6, 6.07) is 28.1. The van der Waals surface area contributed by atoms with E-state index in [2.05, 4.69) is 20.7 Å². The molecule has 41 heavy (non-hydrogen) atoms. The quantitative estimate of drug-likeness (QED) is 0.129. The van der Waals surface area contributed by atoms with E-state index in [9.17, 15) is 9.59 Å². The van der Waals surface area contributed by atoms with Gasteiger partial charge in [0.05, 0.1) is 19.0 Å². The van der Waals surface area contributed by atoms with E-state index in [1.165, 1.54) is 0 Å². The number of hydrogen-bond acceptors (Lipinski definition) is 5. The minimum absolute atomic E-state index is 0.121. The Labute approximate surface area is 246 Å². The third-order valence-corrected chi connectivity index (χ3v) is 4.59. The van der Waals surface area contributed by atoms with E-state index in [-0.39, 0.29) is 5.78 Å². The lowest BCUT2D eigenvalue weighted by Crippen LogP contribution is -2.25. The maximum absolute atomic E-state index is 10.6. The number of aromatic amines is 1. The molecular formula is C33H47N5O3. The second kappa shape index (κ2) is 25.6. The highest BCUT2D eigenvalue weighted by Crippen LogP contribution is 2.26. The van der Waals surface area contributed by atoms with Crippen molar-refractivity contribution in [2.75, 3.05) is 7.11 Å². The largest absolute Gasteiger partial charge is 0.493 e. The smallest absolute Gasteiger partial charge is 0.332 e. The van der Waals surface area contributed by atoms with Crippen LogP contribution in [-0.2, 0) is 0 Å². The van der Waals surface area contributed by atoms with E-state index in [1.807, 2.05) is 133 Å². The van der Waals surface area contributed by atoms with Crippen LogP contribution in [-0.4, -0.2) is 34.8 Å². The first-order chi connectivity index (χ1) is 19.9. The standard InChI is InChI=1S/C10H10N2O.C9H11N3O.C8H8O.3C2H6/c1-13-9-7-11-12-10(9)8-5-3-2-4-6-8;1-7(11-12-9(10)13)8-5-3-2-4-6-8;1-7(9)8-5-3-2-4-6-8;3*1-2/h2-7H,1H3,(H,11,12);2-6H,1H3,(H3,10,12,13);2-6H,1H3;3*1-2H3/b;11-7+;;;;. The first kappa shape index (κ1) is 38.4. The number of methoxy groups -OCH3 is 1. The minimum Gasteiger partial charge on any atom is -0.493 e. The summed E-state index contributed by atoms with van der Waals surface area (Å²) >= 11 is 0. The Morgan fingerprint density at radius 2 is 1.20 bits per heavy atom. The first-order valence-electron chi connectivity index (χ1n) is 13.8. The first-order valence-corrected chi connectivity index (χ1v) is 13.8. The SMILES string of the molecule is C/C(=N\NC(N)=O)c1ccccc1.CC.CC.CC.CC(=O)c1ccccc1.COc1cn[nH]c1-c1ccccc1. The molecule has 0 atom stereocenters. The molecule has 4 rings (SSSR count). The van der Waals surface area contributed by atoms with Gasteiger partial charge in [-0.05, 0) is 19.4 Å². The predicted molar refractivity (Wildman–Crippen MR) is 172 cm³/mol. The van der Waals surface area contributed by atoms with Crippen molar-refractivity contribution in [2.24, 2.45) is 10.8 Å². The predicted octanol–water partition coefficient (Wildman–Crippen LogP) is 8.13. The maximum atomic E-state index is 10.6. The molecule has 0 spiro atoms. The van der Waals surface area contributed by atoms with Crippen molar-refractivity contribution in [1.29, 1.82) is 0 Å². The maximum Gasteiger partial charge on any atom is 0.332 e. The van der Waals surface area contributed by atoms with Crippen molar-refractivity contribution in [2.45, 2.75) is 55.4 Å². The molecule has 0 bridgehead atoms. The van der Waals surface area contributed by atoms with Gasteiger partial charge in [0.15, 0.2) is 11.5 Å². The number of urea groups is 1. The van der Waals surface area contributed by atoms with Crippen molar-refractivity contribution >= 4 is 17.5 Å². The van der Waals surface area contributed by atoms with Crippen LogP contribution in [0, 0.1) is 0 Å². The van der Waals surface area contributed by atoms with E-state index in [0.717, 1.165) is 33.8 Å². The molecule has 0 saturated carbocycles. The molecule has 0 aliphatic heterocycles. The van der Waals surface area contributed by atoms with Crippen molar-refractivity contribution in [1.82, 2.24) is 15.6 Å². The summed E-state index contributed by atoms with van der Waals surface area (Å²) in [7, 11) is 1.64. The van der Waals surface area contributed by atoms with Gasteiger partial charge in [-0.25, -0.2) is 10.2 Å². The summed E-state index contributed by atoms with van der Waals surface area (Å²) in [6.45, 7) is 15.4. The lowest BCUT2D eigenvalue weighted by molar-refractivity contribution is 0.101. The van der Waals surface area contributed by atoms with E-state index in [1.54, 1.807) is 27.2 Å². The van der Waals surface area contributed by atoms with E-state index in [0.29, 0.717) is 0 Å². The van der Waals surface area contributed by atoms with Crippen LogP contribution in [0.4, 0.5) is 4.79 Å². The number of nitrogens with two attached hydrogens (primary N) is 1. The zero-order chi connectivity index (χ0) is 31.5. The zero-order valence-electron chi connectivity index (χ0n) is 25.9. The molecule has 222 valence electrons. The highest BCUT2D eigenvalue weighted by molar-refractivity contribution is 5.99.